The molecule has 2 aliphatic rings. The Hall–Kier alpha value is -2.24. The Bertz CT molecular complexity index is 659. The van der Waals surface area contributed by atoms with Crippen molar-refractivity contribution in [1.82, 2.24) is 9.80 Å². The molecule has 1 atom stereocenters. The molecule has 3 rings (SSSR count). The third-order valence-electron chi connectivity index (χ3n) is 4.81. The third kappa shape index (κ3) is 3.72. The SMILES string of the molecule is CC(=O)N1CCC[C@H]1C(=O)N(Cc1ccc2c(c1)OCCO2)C(C)C. The molecule has 0 unspecified atom stereocenters. The van der Waals surface area contributed by atoms with Gasteiger partial charge < -0.3 is 19.3 Å². The van der Waals surface area contributed by atoms with Crippen LogP contribution in [0.25, 0.3) is 0 Å². The number of nitrogens with zero attached hydrogens (tertiary/aromatic N) is 2. The standard InChI is InChI=1S/C19H26N2O4/c1-13(2)21(19(23)16-5-4-8-20(16)14(3)22)12-15-6-7-17-18(11-15)25-10-9-24-17/h6-7,11,13,16H,4-5,8-10,12H2,1-3H3/t16-/m0/s1. The molecule has 136 valence electrons. The lowest BCUT2D eigenvalue weighted by molar-refractivity contribution is -0.144. The molecule has 2 amide bonds. The summed E-state index contributed by atoms with van der Waals surface area (Å²) in [5.41, 5.74) is 0.999. The Labute approximate surface area is 148 Å². The Balaban J connectivity index is 1.77. The summed E-state index contributed by atoms with van der Waals surface area (Å²) in [6.45, 7) is 7.81. The summed E-state index contributed by atoms with van der Waals surface area (Å²) in [6.07, 6.45) is 1.62. The van der Waals surface area contributed by atoms with Gasteiger partial charge in [-0.3, -0.25) is 9.59 Å². The number of fused-ring (bicyclic) bond motifs is 1. The van der Waals surface area contributed by atoms with E-state index in [4.69, 9.17) is 9.47 Å². The first-order chi connectivity index (χ1) is 12.0. The van der Waals surface area contributed by atoms with Crippen LogP contribution in [0.3, 0.4) is 0 Å². The molecule has 0 aromatic heterocycles. The number of benzene rings is 1. The van der Waals surface area contributed by atoms with Crippen molar-refractivity contribution in [2.75, 3.05) is 19.8 Å². The van der Waals surface area contributed by atoms with Gasteiger partial charge in [0.25, 0.3) is 0 Å². The first-order valence-corrected chi connectivity index (χ1v) is 8.93. The lowest BCUT2D eigenvalue weighted by atomic mass is 10.1. The van der Waals surface area contributed by atoms with Gasteiger partial charge in [0.15, 0.2) is 11.5 Å². The smallest absolute Gasteiger partial charge is 0.245 e. The van der Waals surface area contributed by atoms with Crippen molar-refractivity contribution in [2.24, 2.45) is 0 Å². The number of carbonyl (C=O) groups excluding carboxylic acids is 2. The van der Waals surface area contributed by atoms with Gasteiger partial charge in [-0.2, -0.15) is 0 Å². The van der Waals surface area contributed by atoms with Crippen LogP contribution < -0.4 is 9.47 Å². The van der Waals surface area contributed by atoms with Gasteiger partial charge >= 0.3 is 0 Å². The Morgan fingerprint density at radius 2 is 1.96 bits per heavy atom. The first kappa shape index (κ1) is 17.6. The molecule has 0 aliphatic carbocycles. The van der Waals surface area contributed by atoms with Gasteiger partial charge in [0.05, 0.1) is 0 Å². The molecule has 1 saturated heterocycles. The molecule has 25 heavy (non-hydrogen) atoms. The minimum absolute atomic E-state index is 0.0255. The van der Waals surface area contributed by atoms with Crippen molar-refractivity contribution in [1.29, 1.82) is 0 Å². The van der Waals surface area contributed by atoms with Crippen molar-refractivity contribution in [3.8, 4) is 11.5 Å². The highest BCUT2D eigenvalue weighted by molar-refractivity contribution is 5.87. The summed E-state index contributed by atoms with van der Waals surface area (Å²) in [4.78, 5) is 28.4. The maximum absolute atomic E-state index is 13.1. The molecule has 0 N–H and O–H groups in total. The zero-order chi connectivity index (χ0) is 18.0. The van der Waals surface area contributed by atoms with Crippen LogP contribution in [0.5, 0.6) is 11.5 Å². The molecule has 0 spiro atoms. The van der Waals surface area contributed by atoms with E-state index < -0.39 is 0 Å². The Morgan fingerprint density at radius 3 is 2.64 bits per heavy atom. The van der Waals surface area contributed by atoms with Crippen LogP contribution in [0.4, 0.5) is 0 Å². The average molecular weight is 346 g/mol. The fourth-order valence-corrected chi connectivity index (χ4v) is 3.49. The maximum atomic E-state index is 13.1. The van der Waals surface area contributed by atoms with Crippen LogP contribution in [0, 0.1) is 0 Å². The van der Waals surface area contributed by atoms with Gasteiger partial charge in [0.2, 0.25) is 11.8 Å². The van der Waals surface area contributed by atoms with E-state index >= 15 is 0 Å². The second kappa shape index (κ2) is 7.33. The van der Waals surface area contributed by atoms with Crippen LogP contribution >= 0.6 is 0 Å². The van der Waals surface area contributed by atoms with Crippen LogP contribution in [0.15, 0.2) is 18.2 Å². The van der Waals surface area contributed by atoms with Crippen LogP contribution in [0.1, 0.15) is 39.2 Å². The number of likely N-dealkylation sites (tertiary alicyclic amines) is 1. The fraction of sp³-hybridized carbons (Fsp3) is 0.579. The Morgan fingerprint density at radius 1 is 1.24 bits per heavy atom. The first-order valence-electron chi connectivity index (χ1n) is 8.93. The summed E-state index contributed by atoms with van der Waals surface area (Å²) in [7, 11) is 0. The summed E-state index contributed by atoms with van der Waals surface area (Å²) < 4.78 is 11.2. The predicted octanol–water partition coefficient (Wildman–Crippen LogP) is 2.21. The molecule has 1 aromatic carbocycles. The predicted molar refractivity (Wildman–Crippen MR) is 93.5 cm³/mol. The average Bonchev–Trinajstić information content (AvgIpc) is 3.08. The topological polar surface area (TPSA) is 59.1 Å². The fourth-order valence-electron chi connectivity index (χ4n) is 3.49. The van der Waals surface area contributed by atoms with E-state index in [9.17, 15) is 9.59 Å². The molecule has 1 aromatic rings. The van der Waals surface area contributed by atoms with Gasteiger partial charge in [-0.05, 0) is 44.4 Å². The summed E-state index contributed by atoms with van der Waals surface area (Å²) >= 11 is 0. The Kier molecular flexibility index (Phi) is 5.16. The summed E-state index contributed by atoms with van der Waals surface area (Å²) in [5.74, 6) is 1.47. The highest BCUT2D eigenvalue weighted by Crippen LogP contribution is 2.31. The van der Waals surface area contributed by atoms with E-state index in [2.05, 4.69) is 0 Å². The molecule has 2 aliphatic heterocycles. The third-order valence-corrected chi connectivity index (χ3v) is 4.81. The van der Waals surface area contributed by atoms with E-state index in [1.54, 1.807) is 4.90 Å². The van der Waals surface area contributed by atoms with Gasteiger partial charge in [-0.25, -0.2) is 0 Å². The van der Waals surface area contributed by atoms with Crippen molar-refractivity contribution >= 4 is 11.8 Å². The maximum Gasteiger partial charge on any atom is 0.245 e. The minimum atomic E-state index is -0.336. The lowest BCUT2D eigenvalue weighted by Crippen LogP contribution is -2.49. The lowest BCUT2D eigenvalue weighted by Gasteiger charge is -2.33. The van der Waals surface area contributed by atoms with Gasteiger partial charge in [0.1, 0.15) is 19.3 Å². The van der Waals surface area contributed by atoms with Crippen molar-refractivity contribution in [2.45, 2.75) is 52.2 Å². The van der Waals surface area contributed by atoms with Gasteiger partial charge in [-0.15, -0.1) is 0 Å². The number of carbonyl (C=O) groups is 2. The van der Waals surface area contributed by atoms with Crippen LogP contribution in [0.2, 0.25) is 0 Å². The molecule has 0 radical (unpaired) electrons. The number of hydrogen-bond donors (Lipinski definition) is 0. The van der Waals surface area contributed by atoms with Crippen LogP contribution in [-0.4, -0.2) is 53.5 Å². The monoisotopic (exact) mass is 346 g/mol. The van der Waals surface area contributed by atoms with Crippen molar-refractivity contribution in [3.05, 3.63) is 23.8 Å². The van der Waals surface area contributed by atoms with E-state index in [1.165, 1.54) is 6.92 Å². The highest BCUT2D eigenvalue weighted by atomic mass is 16.6. The van der Waals surface area contributed by atoms with Gasteiger partial charge in [0, 0.05) is 26.1 Å². The second-order valence-electron chi connectivity index (χ2n) is 6.91. The number of ether oxygens (including phenoxy) is 2. The van der Waals surface area contributed by atoms with Crippen LogP contribution in [-0.2, 0) is 16.1 Å². The largest absolute Gasteiger partial charge is 0.486 e. The zero-order valence-corrected chi connectivity index (χ0v) is 15.2. The quantitative estimate of drug-likeness (QED) is 0.839. The highest BCUT2D eigenvalue weighted by Gasteiger charge is 2.36. The molecule has 0 saturated carbocycles. The number of hydrogen-bond acceptors (Lipinski definition) is 4. The molecule has 6 nitrogen and oxygen atoms in total. The minimum Gasteiger partial charge on any atom is -0.486 e. The van der Waals surface area contributed by atoms with Gasteiger partial charge in [-0.1, -0.05) is 6.07 Å². The summed E-state index contributed by atoms with van der Waals surface area (Å²) in [5, 5.41) is 0. The van der Waals surface area contributed by atoms with E-state index in [0.29, 0.717) is 26.3 Å². The van der Waals surface area contributed by atoms with E-state index in [0.717, 1.165) is 29.9 Å². The molecule has 0 bridgehead atoms. The normalized spacial score (nSPS) is 19.2. The molecule has 1 fully saturated rings. The molecular weight excluding hydrogens is 320 g/mol. The molecule has 2 heterocycles. The second-order valence-corrected chi connectivity index (χ2v) is 6.91. The number of rotatable bonds is 4. The molecular formula is C19H26N2O4. The van der Waals surface area contributed by atoms with Crippen molar-refractivity contribution < 1.29 is 19.1 Å². The van der Waals surface area contributed by atoms with E-state index in [-0.39, 0.29) is 23.9 Å². The van der Waals surface area contributed by atoms with E-state index in [1.807, 2.05) is 36.9 Å². The zero-order valence-electron chi connectivity index (χ0n) is 15.2. The summed E-state index contributed by atoms with van der Waals surface area (Å²) in [6, 6.07) is 5.51. The van der Waals surface area contributed by atoms with Crippen molar-refractivity contribution in [3.63, 3.8) is 0 Å². The molecule has 6 heteroatoms. The number of amides is 2.